The lowest BCUT2D eigenvalue weighted by molar-refractivity contribution is -0.133. The van der Waals surface area contributed by atoms with Crippen LogP contribution in [0.1, 0.15) is 47.2 Å². The van der Waals surface area contributed by atoms with Crippen molar-refractivity contribution < 1.29 is 23.9 Å². The Balaban J connectivity index is 1.64. The number of ether oxygens (including phenoxy) is 1. The number of amides is 2. The van der Waals surface area contributed by atoms with Crippen LogP contribution in [0.4, 0.5) is 0 Å². The largest absolute Gasteiger partial charge is 0.481 e. The van der Waals surface area contributed by atoms with Crippen LogP contribution in [-0.4, -0.2) is 29.5 Å². The van der Waals surface area contributed by atoms with Gasteiger partial charge >= 0.3 is 0 Å². The first-order valence-electron chi connectivity index (χ1n) is 9.37. The Kier molecular flexibility index (Phi) is 9.19. The number of carbonyl (C=O) groups excluding carboxylic acids is 4. The summed E-state index contributed by atoms with van der Waals surface area (Å²) in [5, 5.41) is 0. The standard InChI is InChI=1S/C21H23BrN2O5S/c1-13-6-10-19(30-13)18(26)9-7-16(25)8-11-20(27)23-24-21(28)14(2)29-17-5-3-4-15(22)12-17/h3-6,10,12,14H,7-9,11H2,1-2H3,(H,23,27)(H,24,28). The summed E-state index contributed by atoms with van der Waals surface area (Å²) < 4.78 is 6.32. The first-order valence-corrected chi connectivity index (χ1v) is 11.0. The monoisotopic (exact) mass is 494 g/mol. The van der Waals surface area contributed by atoms with Crippen LogP contribution in [0.5, 0.6) is 5.75 Å². The first-order chi connectivity index (χ1) is 14.2. The molecule has 0 bridgehead atoms. The molecule has 0 fully saturated rings. The minimum absolute atomic E-state index is 0.00253. The van der Waals surface area contributed by atoms with Crippen molar-refractivity contribution in [1.29, 1.82) is 0 Å². The van der Waals surface area contributed by atoms with Crippen molar-refractivity contribution >= 4 is 50.6 Å². The molecule has 160 valence electrons. The van der Waals surface area contributed by atoms with Gasteiger partial charge in [0, 0.05) is 35.0 Å². The van der Waals surface area contributed by atoms with Gasteiger partial charge in [0.25, 0.3) is 5.91 Å². The van der Waals surface area contributed by atoms with Crippen molar-refractivity contribution in [3.8, 4) is 5.75 Å². The van der Waals surface area contributed by atoms with Crippen LogP contribution < -0.4 is 15.6 Å². The zero-order valence-electron chi connectivity index (χ0n) is 16.7. The maximum absolute atomic E-state index is 12.0. The van der Waals surface area contributed by atoms with Gasteiger partial charge in [0.05, 0.1) is 4.88 Å². The second-order valence-electron chi connectivity index (χ2n) is 6.63. The summed E-state index contributed by atoms with van der Waals surface area (Å²) >= 11 is 4.72. The molecule has 2 rings (SSSR count). The molecule has 1 unspecified atom stereocenters. The van der Waals surface area contributed by atoms with Gasteiger partial charge in [0.2, 0.25) is 5.91 Å². The molecule has 30 heavy (non-hydrogen) atoms. The van der Waals surface area contributed by atoms with Gasteiger partial charge in [0.15, 0.2) is 11.9 Å². The van der Waals surface area contributed by atoms with Gasteiger partial charge in [-0.3, -0.25) is 30.0 Å². The van der Waals surface area contributed by atoms with Crippen LogP contribution in [0.25, 0.3) is 0 Å². The number of rotatable bonds is 10. The maximum Gasteiger partial charge on any atom is 0.279 e. The highest BCUT2D eigenvalue weighted by Gasteiger charge is 2.16. The average molecular weight is 495 g/mol. The van der Waals surface area contributed by atoms with E-state index in [1.807, 2.05) is 19.1 Å². The fourth-order valence-corrected chi connectivity index (χ4v) is 3.65. The summed E-state index contributed by atoms with van der Waals surface area (Å²) in [7, 11) is 0. The van der Waals surface area contributed by atoms with Crippen molar-refractivity contribution in [3.63, 3.8) is 0 Å². The SMILES string of the molecule is Cc1ccc(C(=O)CCC(=O)CCC(=O)NNC(=O)C(C)Oc2cccc(Br)c2)s1. The number of thiophene rings is 1. The second-order valence-corrected chi connectivity index (χ2v) is 8.83. The molecular formula is C21H23BrN2O5S. The minimum Gasteiger partial charge on any atom is -0.481 e. The van der Waals surface area contributed by atoms with E-state index in [-0.39, 0.29) is 37.2 Å². The Morgan fingerprint density at radius 3 is 2.43 bits per heavy atom. The van der Waals surface area contributed by atoms with Gasteiger partial charge in [-0.2, -0.15) is 0 Å². The highest BCUT2D eigenvalue weighted by atomic mass is 79.9. The molecular weight excluding hydrogens is 472 g/mol. The lowest BCUT2D eigenvalue weighted by Gasteiger charge is -2.15. The van der Waals surface area contributed by atoms with Crippen LogP contribution in [0.15, 0.2) is 40.9 Å². The quantitative estimate of drug-likeness (QED) is 0.386. The fourth-order valence-electron chi connectivity index (χ4n) is 2.43. The van der Waals surface area contributed by atoms with E-state index in [1.165, 1.54) is 11.3 Å². The summed E-state index contributed by atoms with van der Waals surface area (Å²) in [6.45, 7) is 3.47. The van der Waals surface area contributed by atoms with Crippen molar-refractivity contribution in [1.82, 2.24) is 10.9 Å². The number of aryl methyl sites for hydroxylation is 1. The molecule has 2 aromatic rings. The number of nitrogens with one attached hydrogen (secondary N) is 2. The summed E-state index contributed by atoms with van der Waals surface area (Å²) in [6, 6.07) is 10.7. The molecule has 0 saturated heterocycles. The topological polar surface area (TPSA) is 102 Å². The van der Waals surface area contributed by atoms with Gasteiger partial charge in [-0.05, 0) is 44.2 Å². The number of hydrogen-bond acceptors (Lipinski definition) is 6. The number of halogens is 1. The van der Waals surface area contributed by atoms with Crippen LogP contribution >= 0.6 is 27.3 Å². The molecule has 7 nitrogen and oxygen atoms in total. The lowest BCUT2D eigenvalue weighted by Crippen LogP contribution is -2.47. The number of Topliss-reactive ketones (excluding diaryl/α,β-unsaturated/α-hetero) is 2. The summed E-state index contributed by atoms with van der Waals surface area (Å²) in [5.74, 6) is -0.753. The van der Waals surface area contributed by atoms with Crippen molar-refractivity contribution in [2.75, 3.05) is 0 Å². The van der Waals surface area contributed by atoms with Gasteiger partial charge in [-0.25, -0.2) is 0 Å². The molecule has 0 saturated carbocycles. The number of ketones is 2. The van der Waals surface area contributed by atoms with Gasteiger partial charge < -0.3 is 4.74 Å². The van der Waals surface area contributed by atoms with Crippen molar-refractivity contribution in [3.05, 3.63) is 50.6 Å². The predicted molar refractivity (Wildman–Crippen MR) is 117 cm³/mol. The van der Waals surface area contributed by atoms with E-state index in [9.17, 15) is 19.2 Å². The minimum atomic E-state index is -0.826. The number of carbonyl (C=O) groups is 4. The highest BCUT2D eigenvalue weighted by molar-refractivity contribution is 9.10. The zero-order valence-corrected chi connectivity index (χ0v) is 19.1. The number of benzene rings is 1. The van der Waals surface area contributed by atoms with E-state index in [4.69, 9.17) is 4.74 Å². The molecule has 0 spiro atoms. The summed E-state index contributed by atoms with van der Waals surface area (Å²) in [4.78, 5) is 49.5. The first kappa shape index (κ1) is 23.8. The molecule has 0 aliphatic heterocycles. The Morgan fingerprint density at radius 2 is 1.77 bits per heavy atom. The molecule has 1 heterocycles. The molecule has 0 radical (unpaired) electrons. The van der Waals surface area contributed by atoms with Gasteiger partial charge in [0.1, 0.15) is 11.5 Å². The molecule has 9 heteroatoms. The third kappa shape index (κ3) is 8.08. The van der Waals surface area contributed by atoms with E-state index in [2.05, 4.69) is 26.8 Å². The third-order valence-corrected chi connectivity index (χ3v) is 5.62. The van der Waals surface area contributed by atoms with Crippen molar-refractivity contribution in [2.24, 2.45) is 0 Å². The normalized spacial score (nSPS) is 11.4. The van der Waals surface area contributed by atoms with E-state index in [0.29, 0.717) is 10.6 Å². The Morgan fingerprint density at radius 1 is 1.03 bits per heavy atom. The van der Waals surface area contributed by atoms with E-state index < -0.39 is 17.9 Å². The Hall–Kier alpha value is -2.52. The number of hydrogen-bond donors (Lipinski definition) is 2. The van der Waals surface area contributed by atoms with Crippen LogP contribution in [-0.2, 0) is 14.4 Å². The summed E-state index contributed by atoms with van der Waals surface area (Å²) in [5.41, 5.74) is 4.54. The van der Waals surface area contributed by atoms with Gasteiger partial charge in [-0.15, -0.1) is 11.3 Å². The molecule has 1 aromatic heterocycles. The molecule has 2 N–H and O–H groups in total. The molecule has 0 aliphatic carbocycles. The van der Waals surface area contributed by atoms with Crippen LogP contribution in [0.2, 0.25) is 0 Å². The van der Waals surface area contributed by atoms with E-state index in [1.54, 1.807) is 31.2 Å². The Bertz CT molecular complexity index is 928. The molecule has 2 amide bonds. The van der Waals surface area contributed by atoms with E-state index >= 15 is 0 Å². The second kappa shape index (κ2) is 11.6. The number of hydrazine groups is 1. The lowest BCUT2D eigenvalue weighted by atomic mass is 10.1. The van der Waals surface area contributed by atoms with Crippen LogP contribution in [0.3, 0.4) is 0 Å². The molecule has 0 aliphatic rings. The Labute approximate surface area is 187 Å². The van der Waals surface area contributed by atoms with Crippen LogP contribution in [0, 0.1) is 6.92 Å². The third-order valence-electron chi connectivity index (χ3n) is 4.08. The maximum atomic E-state index is 12.0. The summed E-state index contributed by atoms with van der Waals surface area (Å²) in [6.07, 6.45) is -0.684. The highest BCUT2D eigenvalue weighted by Crippen LogP contribution is 2.19. The smallest absolute Gasteiger partial charge is 0.279 e. The average Bonchev–Trinajstić information content (AvgIpc) is 3.15. The van der Waals surface area contributed by atoms with E-state index in [0.717, 1.165) is 9.35 Å². The zero-order chi connectivity index (χ0) is 22.1. The van der Waals surface area contributed by atoms with Crippen molar-refractivity contribution in [2.45, 2.75) is 45.6 Å². The fraction of sp³-hybridized carbons (Fsp3) is 0.333. The molecule has 1 atom stereocenters. The van der Waals surface area contributed by atoms with Gasteiger partial charge in [-0.1, -0.05) is 22.0 Å². The predicted octanol–water partition coefficient (Wildman–Crippen LogP) is 3.75. The molecule has 1 aromatic carbocycles.